The molecule has 0 radical (unpaired) electrons. The van der Waals surface area contributed by atoms with Gasteiger partial charge in [0.2, 0.25) is 0 Å². The van der Waals surface area contributed by atoms with Gasteiger partial charge in [0.05, 0.1) is 6.10 Å². The summed E-state index contributed by atoms with van der Waals surface area (Å²) in [5.41, 5.74) is 1.56. The van der Waals surface area contributed by atoms with E-state index in [0.717, 1.165) is 18.4 Å². The van der Waals surface area contributed by atoms with Crippen LogP contribution in [0, 0.1) is 5.92 Å². The Bertz CT molecular complexity index is 353. The molecule has 0 aromatic heterocycles. The number of hydrogen-bond acceptors (Lipinski definition) is 2. The predicted octanol–water partition coefficient (Wildman–Crippen LogP) is 2.33. The van der Waals surface area contributed by atoms with E-state index in [1.54, 1.807) is 19.1 Å². The van der Waals surface area contributed by atoms with Crippen molar-refractivity contribution in [1.29, 1.82) is 0 Å². The van der Waals surface area contributed by atoms with Gasteiger partial charge in [-0.15, -0.1) is 0 Å². The maximum absolute atomic E-state index is 11.1. The smallest absolute Gasteiger partial charge is 0.159 e. The molecule has 2 nitrogen and oxygen atoms in total. The summed E-state index contributed by atoms with van der Waals surface area (Å²) >= 11 is 0. The van der Waals surface area contributed by atoms with Crippen LogP contribution < -0.4 is 0 Å². The van der Waals surface area contributed by atoms with Crippen molar-refractivity contribution in [2.24, 2.45) is 5.92 Å². The zero-order chi connectivity index (χ0) is 10.1. The van der Waals surface area contributed by atoms with E-state index in [4.69, 9.17) is 0 Å². The molecule has 0 aliphatic heterocycles. The topological polar surface area (TPSA) is 37.3 Å². The number of rotatable bonds is 3. The quantitative estimate of drug-likeness (QED) is 0.743. The number of carbonyl (C=O) groups excluding carboxylic acids is 1. The molecule has 0 spiro atoms. The molecule has 1 aliphatic carbocycles. The minimum atomic E-state index is -0.380. The van der Waals surface area contributed by atoms with Gasteiger partial charge in [0.15, 0.2) is 5.78 Å². The molecule has 0 bridgehead atoms. The fraction of sp³-hybridized carbons (Fsp3) is 0.417. The van der Waals surface area contributed by atoms with Crippen molar-refractivity contribution in [1.82, 2.24) is 0 Å². The van der Waals surface area contributed by atoms with E-state index in [1.165, 1.54) is 0 Å². The first-order valence-electron chi connectivity index (χ1n) is 4.97. The average molecular weight is 190 g/mol. The maximum atomic E-state index is 11.1. The average Bonchev–Trinajstić information content (AvgIpc) is 3.00. The standard InChI is InChI=1S/C12H14O2/c1-8(13)10-3-2-4-11(7-10)12(14)9-5-6-9/h2-4,7,9,12,14H,5-6H2,1H3. The summed E-state index contributed by atoms with van der Waals surface area (Å²) in [5, 5.41) is 9.86. The Kier molecular flexibility index (Phi) is 2.38. The van der Waals surface area contributed by atoms with Crippen molar-refractivity contribution in [2.75, 3.05) is 0 Å². The molecule has 74 valence electrons. The van der Waals surface area contributed by atoms with Crippen LogP contribution >= 0.6 is 0 Å². The Balaban J connectivity index is 2.24. The Hall–Kier alpha value is -1.15. The number of aliphatic hydroxyl groups is 1. The molecule has 1 aromatic rings. The first-order valence-corrected chi connectivity index (χ1v) is 4.97. The van der Waals surface area contributed by atoms with Gasteiger partial charge in [0.1, 0.15) is 0 Å². The number of hydrogen-bond donors (Lipinski definition) is 1. The van der Waals surface area contributed by atoms with Gasteiger partial charge in [-0.05, 0) is 37.3 Å². The number of ketones is 1. The molecule has 0 heterocycles. The van der Waals surface area contributed by atoms with Crippen molar-refractivity contribution in [3.05, 3.63) is 35.4 Å². The molecular weight excluding hydrogens is 176 g/mol. The molecular formula is C12H14O2. The van der Waals surface area contributed by atoms with Crippen molar-refractivity contribution in [2.45, 2.75) is 25.9 Å². The fourth-order valence-electron chi connectivity index (χ4n) is 1.63. The monoisotopic (exact) mass is 190 g/mol. The summed E-state index contributed by atoms with van der Waals surface area (Å²) in [5.74, 6) is 0.465. The van der Waals surface area contributed by atoms with Crippen LogP contribution in [0.2, 0.25) is 0 Å². The minimum absolute atomic E-state index is 0.0508. The first kappa shape index (κ1) is 9.41. The summed E-state index contributed by atoms with van der Waals surface area (Å²) in [4.78, 5) is 11.1. The summed E-state index contributed by atoms with van der Waals surface area (Å²) in [6.07, 6.45) is 1.83. The molecule has 1 unspecified atom stereocenters. The van der Waals surface area contributed by atoms with Gasteiger partial charge in [0, 0.05) is 5.56 Å². The lowest BCUT2D eigenvalue weighted by Crippen LogP contribution is -2.01. The predicted molar refractivity (Wildman–Crippen MR) is 54.1 cm³/mol. The van der Waals surface area contributed by atoms with Gasteiger partial charge in [-0.25, -0.2) is 0 Å². The molecule has 0 amide bonds. The molecule has 14 heavy (non-hydrogen) atoms. The van der Waals surface area contributed by atoms with Crippen LogP contribution in [0.5, 0.6) is 0 Å². The van der Waals surface area contributed by atoms with Gasteiger partial charge in [-0.2, -0.15) is 0 Å². The summed E-state index contributed by atoms with van der Waals surface area (Å²) < 4.78 is 0. The van der Waals surface area contributed by atoms with Crippen LogP contribution in [0.15, 0.2) is 24.3 Å². The first-order chi connectivity index (χ1) is 6.68. The molecule has 1 fully saturated rings. The number of benzene rings is 1. The Morgan fingerprint density at radius 1 is 1.50 bits per heavy atom. The van der Waals surface area contributed by atoms with Crippen molar-refractivity contribution in [3.8, 4) is 0 Å². The molecule has 0 saturated heterocycles. The second-order valence-corrected chi connectivity index (χ2v) is 3.96. The SMILES string of the molecule is CC(=O)c1cccc(C(O)C2CC2)c1. The summed E-state index contributed by atoms with van der Waals surface area (Å²) in [7, 11) is 0. The molecule has 1 aliphatic rings. The van der Waals surface area contributed by atoms with Crippen molar-refractivity contribution < 1.29 is 9.90 Å². The lowest BCUT2D eigenvalue weighted by atomic mass is 10.0. The van der Waals surface area contributed by atoms with Crippen LogP contribution in [0.4, 0.5) is 0 Å². The Morgan fingerprint density at radius 3 is 2.79 bits per heavy atom. The van der Waals surface area contributed by atoms with Gasteiger partial charge in [-0.1, -0.05) is 18.2 Å². The number of aliphatic hydroxyl groups excluding tert-OH is 1. The zero-order valence-corrected chi connectivity index (χ0v) is 8.23. The minimum Gasteiger partial charge on any atom is -0.388 e. The highest BCUT2D eigenvalue weighted by molar-refractivity contribution is 5.94. The van der Waals surface area contributed by atoms with Gasteiger partial charge in [0.25, 0.3) is 0 Å². The van der Waals surface area contributed by atoms with E-state index in [2.05, 4.69) is 0 Å². The van der Waals surface area contributed by atoms with Crippen molar-refractivity contribution in [3.63, 3.8) is 0 Å². The third-order valence-corrected chi connectivity index (χ3v) is 2.70. The van der Waals surface area contributed by atoms with Crippen LogP contribution in [-0.4, -0.2) is 10.9 Å². The molecule has 2 rings (SSSR count). The highest BCUT2D eigenvalue weighted by Crippen LogP contribution is 2.40. The third kappa shape index (κ3) is 1.85. The van der Waals surface area contributed by atoms with E-state index < -0.39 is 0 Å². The second kappa shape index (κ2) is 3.54. The van der Waals surface area contributed by atoms with Crippen LogP contribution in [0.3, 0.4) is 0 Å². The highest BCUT2D eigenvalue weighted by Gasteiger charge is 2.30. The summed E-state index contributed by atoms with van der Waals surface area (Å²) in [6, 6.07) is 7.30. The normalized spacial score (nSPS) is 17.9. The largest absolute Gasteiger partial charge is 0.388 e. The van der Waals surface area contributed by atoms with Gasteiger partial charge >= 0.3 is 0 Å². The van der Waals surface area contributed by atoms with Gasteiger partial charge < -0.3 is 5.11 Å². The molecule has 1 N–H and O–H groups in total. The lowest BCUT2D eigenvalue weighted by Gasteiger charge is -2.09. The highest BCUT2D eigenvalue weighted by atomic mass is 16.3. The summed E-state index contributed by atoms with van der Waals surface area (Å²) in [6.45, 7) is 1.54. The Labute approximate surface area is 83.6 Å². The van der Waals surface area contributed by atoms with E-state index in [-0.39, 0.29) is 11.9 Å². The fourth-order valence-corrected chi connectivity index (χ4v) is 1.63. The van der Waals surface area contributed by atoms with Crippen LogP contribution in [0.1, 0.15) is 41.8 Å². The second-order valence-electron chi connectivity index (χ2n) is 3.96. The molecule has 1 aromatic carbocycles. The van der Waals surface area contributed by atoms with Crippen LogP contribution in [0.25, 0.3) is 0 Å². The van der Waals surface area contributed by atoms with Crippen LogP contribution in [-0.2, 0) is 0 Å². The zero-order valence-electron chi connectivity index (χ0n) is 8.23. The number of carbonyl (C=O) groups is 1. The molecule has 1 saturated carbocycles. The molecule has 2 heteroatoms. The van der Waals surface area contributed by atoms with Crippen molar-refractivity contribution >= 4 is 5.78 Å². The molecule has 1 atom stereocenters. The van der Waals surface area contributed by atoms with E-state index in [9.17, 15) is 9.90 Å². The van der Waals surface area contributed by atoms with Gasteiger partial charge in [-0.3, -0.25) is 4.79 Å². The lowest BCUT2D eigenvalue weighted by molar-refractivity contribution is 0.101. The Morgan fingerprint density at radius 2 is 2.21 bits per heavy atom. The number of Topliss-reactive ketones (excluding diaryl/α,β-unsaturated/α-hetero) is 1. The van der Waals surface area contributed by atoms with E-state index in [1.807, 2.05) is 12.1 Å². The third-order valence-electron chi connectivity index (χ3n) is 2.70. The van der Waals surface area contributed by atoms with E-state index >= 15 is 0 Å². The van der Waals surface area contributed by atoms with E-state index in [0.29, 0.717) is 11.5 Å². The maximum Gasteiger partial charge on any atom is 0.159 e.